The molecule has 0 unspecified atom stereocenters. The van der Waals surface area contributed by atoms with Crippen LogP contribution in [0.5, 0.6) is 0 Å². The molecule has 2 nitrogen and oxygen atoms in total. The fourth-order valence-corrected chi connectivity index (χ4v) is 1.29. The predicted molar refractivity (Wildman–Crippen MR) is 52.1 cm³/mol. The third-order valence-corrected chi connectivity index (χ3v) is 2.47. The summed E-state index contributed by atoms with van der Waals surface area (Å²) in [5.41, 5.74) is 6.65. The summed E-state index contributed by atoms with van der Waals surface area (Å²) in [4.78, 5) is 0. The molecule has 0 spiro atoms. The first-order chi connectivity index (χ1) is 6.11. The van der Waals surface area contributed by atoms with Crippen LogP contribution in [0.1, 0.15) is 19.8 Å². The molecule has 0 bridgehead atoms. The van der Waals surface area contributed by atoms with Crippen molar-refractivity contribution in [1.29, 1.82) is 0 Å². The third kappa shape index (κ3) is 1.59. The van der Waals surface area contributed by atoms with Gasteiger partial charge in [0, 0.05) is 5.54 Å². The highest BCUT2D eigenvalue weighted by atomic mass is 19.1. The average molecular weight is 180 g/mol. The second-order valence-electron chi connectivity index (χ2n) is 3.89. The number of rotatable bonds is 2. The largest absolute Gasteiger partial charge is 0.397 e. The van der Waals surface area contributed by atoms with Gasteiger partial charge in [0.05, 0.1) is 11.4 Å². The van der Waals surface area contributed by atoms with Gasteiger partial charge in [-0.25, -0.2) is 4.39 Å². The van der Waals surface area contributed by atoms with E-state index >= 15 is 0 Å². The molecule has 1 aromatic carbocycles. The van der Waals surface area contributed by atoms with Gasteiger partial charge in [-0.15, -0.1) is 0 Å². The molecule has 1 aliphatic rings. The van der Waals surface area contributed by atoms with Crippen molar-refractivity contribution in [2.75, 3.05) is 11.1 Å². The Bertz CT molecular complexity index is 311. The molecule has 0 saturated heterocycles. The maximum absolute atomic E-state index is 13.3. The Hall–Kier alpha value is -1.25. The molecule has 0 heterocycles. The van der Waals surface area contributed by atoms with Crippen molar-refractivity contribution in [3.63, 3.8) is 0 Å². The van der Waals surface area contributed by atoms with E-state index in [9.17, 15) is 4.39 Å². The maximum atomic E-state index is 13.3. The van der Waals surface area contributed by atoms with E-state index in [1.807, 2.05) is 0 Å². The van der Waals surface area contributed by atoms with E-state index in [1.54, 1.807) is 12.1 Å². The molecular formula is C10H13FN2. The van der Waals surface area contributed by atoms with Gasteiger partial charge in [-0.2, -0.15) is 0 Å². The first-order valence-corrected chi connectivity index (χ1v) is 4.43. The van der Waals surface area contributed by atoms with E-state index in [4.69, 9.17) is 5.73 Å². The summed E-state index contributed by atoms with van der Waals surface area (Å²) in [6.45, 7) is 2.07. The van der Waals surface area contributed by atoms with Crippen molar-refractivity contribution >= 4 is 11.4 Å². The Morgan fingerprint density at radius 3 is 2.69 bits per heavy atom. The van der Waals surface area contributed by atoms with Crippen LogP contribution in [0, 0.1) is 5.82 Å². The van der Waals surface area contributed by atoms with Crippen LogP contribution in [0.15, 0.2) is 18.2 Å². The Balaban J connectivity index is 2.28. The molecule has 0 aromatic heterocycles. The van der Waals surface area contributed by atoms with Crippen molar-refractivity contribution in [2.45, 2.75) is 25.3 Å². The van der Waals surface area contributed by atoms with Crippen LogP contribution in [0.25, 0.3) is 0 Å². The zero-order valence-corrected chi connectivity index (χ0v) is 7.60. The minimum atomic E-state index is -0.270. The van der Waals surface area contributed by atoms with E-state index in [2.05, 4.69) is 12.2 Å². The van der Waals surface area contributed by atoms with Crippen LogP contribution in [-0.2, 0) is 0 Å². The topological polar surface area (TPSA) is 38.0 Å². The highest BCUT2D eigenvalue weighted by Gasteiger charge is 2.37. The fourth-order valence-electron chi connectivity index (χ4n) is 1.29. The third-order valence-electron chi connectivity index (χ3n) is 2.47. The van der Waals surface area contributed by atoms with Crippen molar-refractivity contribution in [1.82, 2.24) is 0 Å². The van der Waals surface area contributed by atoms with Crippen LogP contribution in [-0.4, -0.2) is 5.54 Å². The molecule has 70 valence electrons. The molecule has 1 aromatic rings. The number of nitrogen functional groups attached to an aromatic ring is 1. The Morgan fingerprint density at radius 2 is 2.15 bits per heavy atom. The smallest absolute Gasteiger partial charge is 0.148 e. The fraction of sp³-hybridized carbons (Fsp3) is 0.400. The maximum Gasteiger partial charge on any atom is 0.148 e. The zero-order chi connectivity index (χ0) is 9.47. The number of para-hydroxylation sites is 1. The van der Waals surface area contributed by atoms with Crippen LogP contribution in [0.2, 0.25) is 0 Å². The number of nitrogens with one attached hydrogen (secondary N) is 1. The molecule has 2 rings (SSSR count). The summed E-state index contributed by atoms with van der Waals surface area (Å²) in [5.74, 6) is -0.270. The lowest BCUT2D eigenvalue weighted by molar-refractivity contribution is 0.626. The molecular weight excluding hydrogens is 167 g/mol. The van der Waals surface area contributed by atoms with E-state index in [0.717, 1.165) is 12.8 Å². The number of hydrogen-bond acceptors (Lipinski definition) is 2. The first-order valence-electron chi connectivity index (χ1n) is 4.43. The average Bonchev–Trinajstić information content (AvgIpc) is 2.78. The minimum absolute atomic E-state index is 0.0658. The predicted octanol–water partition coefficient (Wildman–Crippen LogP) is 2.37. The molecule has 1 saturated carbocycles. The number of benzene rings is 1. The minimum Gasteiger partial charge on any atom is -0.397 e. The van der Waals surface area contributed by atoms with Gasteiger partial charge in [0.15, 0.2) is 0 Å². The molecule has 1 aliphatic carbocycles. The highest BCUT2D eigenvalue weighted by Crippen LogP contribution is 2.40. The van der Waals surface area contributed by atoms with Crippen molar-refractivity contribution in [3.8, 4) is 0 Å². The lowest BCUT2D eigenvalue weighted by atomic mass is 10.2. The number of anilines is 2. The van der Waals surface area contributed by atoms with Crippen molar-refractivity contribution < 1.29 is 4.39 Å². The summed E-state index contributed by atoms with van der Waals surface area (Å²) in [5, 5.41) is 3.13. The van der Waals surface area contributed by atoms with E-state index < -0.39 is 0 Å². The summed E-state index contributed by atoms with van der Waals surface area (Å²) in [6, 6.07) is 4.74. The van der Waals surface area contributed by atoms with E-state index in [0.29, 0.717) is 11.4 Å². The van der Waals surface area contributed by atoms with Gasteiger partial charge >= 0.3 is 0 Å². The van der Waals surface area contributed by atoms with Gasteiger partial charge in [-0.3, -0.25) is 0 Å². The summed E-state index contributed by atoms with van der Waals surface area (Å²) in [7, 11) is 0. The van der Waals surface area contributed by atoms with Crippen LogP contribution >= 0.6 is 0 Å². The van der Waals surface area contributed by atoms with Crippen LogP contribution in [0.3, 0.4) is 0 Å². The van der Waals surface area contributed by atoms with E-state index in [1.165, 1.54) is 6.07 Å². The second-order valence-corrected chi connectivity index (χ2v) is 3.89. The quantitative estimate of drug-likeness (QED) is 0.686. The molecule has 1 fully saturated rings. The standard InChI is InChI=1S/C10H13FN2/c1-10(5-6-10)13-9-7(11)3-2-4-8(9)12/h2-4,13H,5-6,12H2,1H3. The second kappa shape index (κ2) is 2.62. The number of halogens is 1. The molecule has 3 N–H and O–H groups in total. The SMILES string of the molecule is CC1(Nc2c(N)cccc2F)CC1. The van der Waals surface area contributed by atoms with Gasteiger partial charge in [0.1, 0.15) is 5.82 Å². The van der Waals surface area contributed by atoms with Crippen LogP contribution in [0.4, 0.5) is 15.8 Å². The van der Waals surface area contributed by atoms with Crippen molar-refractivity contribution in [3.05, 3.63) is 24.0 Å². The normalized spacial score (nSPS) is 18.3. The van der Waals surface area contributed by atoms with Gasteiger partial charge in [-0.05, 0) is 31.9 Å². The Morgan fingerprint density at radius 1 is 1.46 bits per heavy atom. The van der Waals surface area contributed by atoms with Gasteiger partial charge in [-0.1, -0.05) is 6.07 Å². The number of nitrogens with two attached hydrogens (primary N) is 1. The Kier molecular flexibility index (Phi) is 1.68. The molecule has 0 amide bonds. The monoisotopic (exact) mass is 180 g/mol. The lowest BCUT2D eigenvalue weighted by Crippen LogP contribution is -2.18. The molecule has 0 radical (unpaired) electrons. The van der Waals surface area contributed by atoms with Gasteiger partial charge in [0.25, 0.3) is 0 Å². The molecule has 3 heteroatoms. The lowest BCUT2D eigenvalue weighted by Gasteiger charge is -2.15. The molecule has 0 aliphatic heterocycles. The van der Waals surface area contributed by atoms with Crippen molar-refractivity contribution in [2.24, 2.45) is 0 Å². The molecule has 0 atom stereocenters. The summed E-state index contributed by atoms with van der Waals surface area (Å²) >= 11 is 0. The summed E-state index contributed by atoms with van der Waals surface area (Å²) < 4.78 is 13.3. The highest BCUT2D eigenvalue weighted by molar-refractivity contribution is 5.68. The van der Waals surface area contributed by atoms with Gasteiger partial charge < -0.3 is 11.1 Å². The van der Waals surface area contributed by atoms with Gasteiger partial charge in [0.2, 0.25) is 0 Å². The number of hydrogen-bond donors (Lipinski definition) is 2. The molecule has 13 heavy (non-hydrogen) atoms. The zero-order valence-electron chi connectivity index (χ0n) is 7.60. The summed E-state index contributed by atoms with van der Waals surface area (Å²) in [6.07, 6.45) is 2.17. The van der Waals surface area contributed by atoms with E-state index in [-0.39, 0.29) is 11.4 Å². The van der Waals surface area contributed by atoms with Crippen LogP contribution < -0.4 is 11.1 Å². The first kappa shape index (κ1) is 8.35. The Labute approximate surface area is 76.9 Å².